The van der Waals surface area contributed by atoms with Crippen LogP contribution >= 0.6 is 11.6 Å². The highest BCUT2D eigenvalue weighted by Crippen LogP contribution is 2.27. The Morgan fingerprint density at radius 1 is 1.17 bits per heavy atom. The lowest BCUT2D eigenvalue weighted by atomic mass is 10.1. The van der Waals surface area contributed by atoms with Gasteiger partial charge in [0, 0.05) is 5.02 Å². The summed E-state index contributed by atoms with van der Waals surface area (Å²) in [6, 6.07) is 10.3. The van der Waals surface area contributed by atoms with Gasteiger partial charge in [-0.15, -0.1) is 0 Å². The first-order valence-electron chi connectivity index (χ1n) is 6.89. The van der Waals surface area contributed by atoms with Gasteiger partial charge < -0.3 is 20.0 Å². The molecule has 0 radical (unpaired) electrons. The van der Waals surface area contributed by atoms with Crippen LogP contribution in [0, 0.1) is 0 Å². The number of H-pyrrole nitrogens is 2. The fourth-order valence-corrected chi connectivity index (χ4v) is 2.52. The molecule has 0 aliphatic rings. The van der Waals surface area contributed by atoms with Crippen molar-refractivity contribution in [1.29, 1.82) is 0 Å². The molecular weight excluding hydrogens is 318 g/mol. The lowest BCUT2D eigenvalue weighted by Gasteiger charge is -2.10. The van der Waals surface area contributed by atoms with Gasteiger partial charge in [0.25, 0.3) is 0 Å². The van der Waals surface area contributed by atoms with E-state index in [1.165, 1.54) is 7.11 Å². The van der Waals surface area contributed by atoms with Crippen LogP contribution in [-0.4, -0.2) is 23.0 Å². The molecule has 1 heterocycles. The fourth-order valence-electron chi connectivity index (χ4n) is 2.35. The summed E-state index contributed by atoms with van der Waals surface area (Å²) >= 11 is 5.94. The van der Waals surface area contributed by atoms with Crippen molar-refractivity contribution < 1.29 is 9.53 Å². The molecule has 3 rings (SSSR count). The smallest absolute Gasteiger partial charge is 0.323 e. The van der Waals surface area contributed by atoms with Crippen molar-refractivity contribution in [2.45, 2.75) is 6.42 Å². The van der Waals surface area contributed by atoms with E-state index < -0.39 is 0 Å². The van der Waals surface area contributed by atoms with E-state index in [1.807, 2.05) is 0 Å². The number of hydrogen-bond donors (Lipinski definition) is 3. The topological polar surface area (TPSA) is 87.0 Å². The van der Waals surface area contributed by atoms with Gasteiger partial charge in [-0.3, -0.25) is 4.79 Å². The van der Waals surface area contributed by atoms with E-state index in [1.54, 1.807) is 36.4 Å². The maximum Gasteiger partial charge on any atom is 0.323 e. The van der Waals surface area contributed by atoms with Crippen molar-refractivity contribution in [3.8, 4) is 5.75 Å². The minimum atomic E-state index is -0.273. The second-order valence-corrected chi connectivity index (χ2v) is 5.47. The number of carbonyl (C=O) groups is 1. The number of fused-ring (bicyclic) bond motifs is 1. The van der Waals surface area contributed by atoms with Crippen LogP contribution in [0.15, 0.2) is 41.2 Å². The molecule has 2 aromatic carbocycles. The minimum absolute atomic E-state index is 0.165. The number of hydrogen-bond acceptors (Lipinski definition) is 3. The number of aromatic amines is 2. The number of carbonyl (C=O) groups excluding carboxylic acids is 1. The third kappa shape index (κ3) is 3.37. The van der Waals surface area contributed by atoms with E-state index in [0.717, 1.165) is 5.56 Å². The zero-order chi connectivity index (χ0) is 16.4. The molecule has 3 N–H and O–H groups in total. The lowest BCUT2D eigenvalue weighted by molar-refractivity contribution is -0.115. The van der Waals surface area contributed by atoms with Gasteiger partial charge in [0.15, 0.2) is 0 Å². The van der Waals surface area contributed by atoms with Gasteiger partial charge in [0.2, 0.25) is 5.91 Å². The Labute approximate surface area is 136 Å². The molecule has 0 aliphatic carbocycles. The van der Waals surface area contributed by atoms with Crippen LogP contribution in [0.1, 0.15) is 5.56 Å². The number of halogens is 1. The first kappa shape index (κ1) is 15.2. The molecular formula is C16H14ClN3O3. The molecule has 0 atom stereocenters. The molecule has 118 valence electrons. The predicted octanol–water partition coefficient (Wildman–Crippen LogP) is 2.70. The largest absolute Gasteiger partial charge is 0.495 e. The van der Waals surface area contributed by atoms with Crippen molar-refractivity contribution in [3.05, 3.63) is 57.5 Å². The van der Waals surface area contributed by atoms with Crippen LogP contribution in [-0.2, 0) is 11.2 Å². The summed E-state index contributed by atoms with van der Waals surface area (Å²) in [5.41, 5.74) is 2.40. The van der Waals surface area contributed by atoms with Gasteiger partial charge in [-0.05, 0) is 35.9 Å². The zero-order valence-electron chi connectivity index (χ0n) is 12.3. The van der Waals surface area contributed by atoms with Crippen molar-refractivity contribution >= 4 is 34.2 Å². The SMILES string of the molecule is COc1ccc(Cl)cc1NC(=O)Cc1ccc2[nH]c(=O)[nH]c2c1. The zero-order valence-corrected chi connectivity index (χ0v) is 13.0. The number of anilines is 1. The van der Waals surface area contributed by atoms with Crippen molar-refractivity contribution in [1.82, 2.24) is 9.97 Å². The van der Waals surface area contributed by atoms with Crippen LogP contribution < -0.4 is 15.7 Å². The molecule has 0 bridgehead atoms. The quantitative estimate of drug-likeness (QED) is 0.687. The molecule has 0 spiro atoms. The van der Waals surface area contributed by atoms with Gasteiger partial charge in [-0.25, -0.2) is 4.79 Å². The first-order valence-corrected chi connectivity index (χ1v) is 7.27. The molecule has 3 aromatic rings. The van der Waals surface area contributed by atoms with Crippen LogP contribution in [0.2, 0.25) is 5.02 Å². The van der Waals surface area contributed by atoms with Gasteiger partial charge in [0.05, 0.1) is 30.3 Å². The summed E-state index contributed by atoms with van der Waals surface area (Å²) in [6.07, 6.45) is 0.165. The number of nitrogens with one attached hydrogen (secondary N) is 3. The third-order valence-corrected chi connectivity index (χ3v) is 3.62. The number of aromatic nitrogens is 2. The van der Waals surface area contributed by atoms with E-state index in [4.69, 9.17) is 16.3 Å². The molecule has 0 aliphatic heterocycles. The Balaban J connectivity index is 1.78. The van der Waals surface area contributed by atoms with Crippen LogP contribution in [0.5, 0.6) is 5.75 Å². The Hall–Kier alpha value is -2.73. The Morgan fingerprint density at radius 3 is 2.74 bits per heavy atom. The van der Waals surface area contributed by atoms with Gasteiger partial charge in [0.1, 0.15) is 5.75 Å². The summed E-state index contributed by atoms with van der Waals surface area (Å²) < 4.78 is 5.19. The van der Waals surface area contributed by atoms with Crippen molar-refractivity contribution in [2.75, 3.05) is 12.4 Å². The number of ether oxygens (including phenoxy) is 1. The molecule has 6 nitrogen and oxygen atoms in total. The maximum atomic E-state index is 12.2. The molecule has 0 unspecified atom stereocenters. The third-order valence-electron chi connectivity index (χ3n) is 3.38. The predicted molar refractivity (Wildman–Crippen MR) is 89.3 cm³/mol. The number of amides is 1. The molecule has 7 heteroatoms. The van der Waals surface area contributed by atoms with E-state index in [2.05, 4.69) is 15.3 Å². The summed E-state index contributed by atoms with van der Waals surface area (Å²) in [4.78, 5) is 28.8. The lowest BCUT2D eigenvalue weighted by Crippen LogP contribution is -2.15. The van der Waals surface area contributed by atoms with E-state index in [9.17, 15) is 9.59 Å². The highest BCUT2D eigenvalue weighted by molar-refractivity contribution is 6.31. The van der Waals surface area contributed by atoms with Crippen LogP contribution in [0.4, 0.5) is 5.69 Å². The van der Waals surface area contributed by atoms with Gasteiger partial charge in [-0.2, -0.15) is 0 Å². The maximum absolute atomic E-state index is 12.2. The van der Waals surface area contributed by atoms with Gasteiger partial charge in [-0.1, -0.05) is 17.7 Å². The van der Waals surface area contributed by atoms with E-state index in [0.29, 0.717) is 27.5 Å². The average Bonchev–Trinajstić information content (AvgIpc) is 2.86. The van der Waals surface area contributed by atoms with Crippen molar-refractivity contribution in [3.63, 3.8) is 0 Å². The van der Waals surface area contributed by atoms with E-state index >= 15 is 0 Å². The number of rotatable bonds is 4. The first-order chi connectivity index (χ1) is 11.0. The van der Waals surface area contributed by atoms with Gasteiger partial charge >= 0.3 is 5.69 Å². The highest BCUT2D eigenvalue weighted by atomic mass is 35.5. The van der Waals surface area contributed by atoms with E-state index in [-0.39, 0.29) is 18.0 Å². The highest BCUT2D eigenvalue weighted by Gasteiger charge is 2.10. The molecule has 0 fully saturated rings. The Morgan fingerprint density at radius 2 is 1.96 bits per heavy atom. The summed E-state index contributed by atoms with van der Waals surface area (Å²) in [6.45, 7) is 0. The normalized spacial score (nSPS) is 10.7. The monoisotopic (exact) mass is 331 g/mol. The standard InChI is InChI=1S/C16H14ClN3O3/c1-23-14-5-3-10(17)8-13(14)18-15(21)7-9-2-4-11-12(6-9)20-16(22)19-11/h2-6,8H,7H2,1H3,(H,18,21)(H2,19,20,22). The number of benzene rings is 2. The molecule has 1 amide bonds. The molecule has 0 saturated carbocycles. The van der Waals surface area contributed by atoms with Crippen molar-refractivity contribution in [2.24, 2.45) is 0 Å². The Bertz CT molecular complexity index is 930. The summed E-state index contributed by atoms with van der Waals surface area (Å²) in [5, 5.41) is 3.28. The average molecular weight is 332 g/mol. The molecule has 23 heavy (non-hydrogen) atoms. The Kier molecular flexibility index (Phi) is 4.08. The number of methoxy groups -OCH3 is 1. The summed E-state index contributed by atoms with van der Waals surface area (Å²) in [7, 11) is 1.52. The molecule has 1 aromatic heterocycles. The second-order valence-electron chi connectivity index (χ2n) is 5.03. The number of imidazole rings is 1. The minimum Gasteiger partial charge on any atom is -0.495 e. The second kappa shape index (κ2) is 6.18. The van der Waals surface area contributed by atoms with Crippen LogP contribution in [0.25, 0.3) is 11.0 Å². The fraction of sp³-hybridized carbons (Fsp3) is 0.125. The van der Waals surface area contributed by atoms with Crippen LogP contribution in [0.3, 0.4) is 0 Å². The molecule has 0 saturated heterocycles. The summed E-state index contributed by atoms with van der Waals surface area (Å²) in [5.74, 6) is 0.330.